The summed E-state index contributed by atoms with van der Waals surface area (Å²) in [5, 5.41) is 12.9. The van der Waals surface area contributed by atoms with Crippen molar-refractivity contribution in [3.05, 3.63) is 157 Å². The van der Waals surface area contributed by atoms with Gasteiger partial charge in [-0.1, -0.05) is 140 Å². The van der Waals surface area contributed by atoms with Crippen LogP contribution in [0.4, 0.5) is 0 Å². The lowest BCUT2D eigenvalue weighted by molar-refractivity contribution is 1.17. The molecule has 0 saturated heterocycles. The highest BCUT2D eigenvalue weighted by Gasteiger charge is 2.20. The molecule has 0 aliphatic carbocycles. The fourth-order valence-electron chi connectivity index (χ4n) is 6.06. The molecule has 6 aromatic carbocycles. The molecule has 0 saturated carbocycles. The fourth-order valence-corrected chi connectivity index (χ4v) is 7.29. The standard InChI is InChI=1S/C41H25N3S/c42-26-36-38(27-13-3-1-4-14-27)43-41(44-39(36)28-15-5-2-6-16-28)35-21-8-7-19-31(35)29-17-11-18-30(25-29)32-22-12-23-34-33-20-9-10-24-37(33)45-40(32)34/h1-25H. The van der Waals surface area contributed by atoms with E-state index in [9.17, 15) is 5.26 Å². The van der Waals surface area contributed by atoms with E-state index < -0.39 is 0 Å². The third-order valence-corrected chi connectivity index (χ3v) is 9.39. The van der Waals surface area contributed by atoms with Crippen LogP contribution in [-0.4, -0.2) is 9.97 Å². The van der Waals surface area contributed by atoms with Gasteiger partial charge in [0.15, 0.2) is 5.82 Å². The van der Waals surface area contributed by atoms with Crippen molar-refractivity contribution in [1.82, 2.24) is 9.97 Å². The van der Waals surface area contributed by atoms with Crippen molar-refractivity contribution in [3.63, 3.8) is 0 Å². The van der Waals surface area contributed by atoms with E-state index in [0.29, 0.717) is 22.8 Å². The van der Waals surface area contributed by atoms with Gasteiger partial charge >= 0.3 is 0 Å². The number of rotatable bonds is 5. The van der Waals surface area contributed by atoms with Crippen LogP contribution in [0.2, 0.25) is 0 Å². The predicted octanol–water partition coefficient (Wildman–Crippen LogP) is 11.1. The molecule has 0 unspecified atom stereocenters. The molecule has 3 nitrogen and oxygen atoms in total. The van der Waals surface area contributed by atoms with Gasteiger partial charge in [0.2, 0.25) is 0 Å². The molecule has 0 aliphatic rings. The number of hydrogen-bond donors (Lipinski definition) is 0. The maximum Gasteiger partial charge on any atom is 0.161 e. The Hall–Kier alpha value is -5.89. The van der Waals surface area contributed by atoms with Gasteiger partial charge in [0.05, 0.1) is 11.4 Å². The molecule has 45 heavy (non-hydrogen) atoms. The van der Waals surface area contributed by atoms with Gasteiger partial charge in [-0.05, 0) is 34.4 Å². The Bertz CT molecular complexity index is 2320. The molecule has 0 bridgehead atoms. The van der Waals surface area contributed by atoms with E-state index in [4.69, 9.17) is 9.97 Å². The molecule has 0 amide bonds. The second-order valence-corrected chi connectivity index (χ2v) is 11.9. The number of benzene rings is 6. The average Bonchev–Trinajstić information content (AvgIpc) is 3.51. The molecule has 2 heterocycles. The lowest BCUT2D eigenvalue weighted by Crippen LogP contribution is -2.01. The van der Waals surface area contributed by atoms with Crippen molar-refractivity contribution in [3.8, 4) is 62.2 Å². The van der Waals surface area contributed by atoms with Crippen LogP contribution in [0.15, 0.2) is 152 Å². The van der Waals surface area contributed by atoms with Crippen molar-refractivity contribution in [2.45, 2.75) is 0 Å². The van der Waals surface area contributed by atoms with Crippen molar-refractivity contribution < 1.29 is 0 Å². The first kappa shape index (κ1) is 26.7. The number of nitrogens with zero attached hydrogens (tertiary/aromatic N) is 3. The van der Waals surface area contributed by atoms with E-state index in [1.54, 1.807) is 0 Å². The van der Waals surface area contributed by atoms with Crippen LogP contribution in [0.1, 0.15) is 5.56 Å². The lowest BCUT2D eigenvalue weighted by atomic mass is 9.94. The van der Waals surface area contributed by atoms with Gasteiger partial charge in [0.25, 0.3) is 0 Å². The molecule has 0 fully saturated rings. The first-order valence-electron chi connectivity index (χ1n) is 14.8. The highest BCUT2D eigenvalue weighted by Crippen LogP contribution is 2.41. The van der Waals surface area contributed by atoms with Crippen molar-refractivity contribution >= 4 is 31.5 Å². The van der Waals surface area contributed by atoms with E-state index in [2.05, 4.69) is 91.0 Å². The van der Waals surface area contributed by atoms with E-state index in [1.165, 1.54) is 25.7 Å². The first-order valence-corrected chi connectivity index (χ1v) is 15.6. The number of nitriles is 1. The maximum absolute atomic E-state index is 10.3. The minimum Gasteiger partial charge on any atom is -0.227 e. The summed E-state index contributed by atoms with van der Waals surface area (Å²) >= 11 is 1.84. The van der Waals surface area contributed by atoms with Crippen LogP contribution in [0, 0.1) is 11.3 Å². The molecule has 8 rings (SSSR count). The zero-order chi connectivity index (χ0) is 30.2. The summed E-state index contributed by atoms with van der Waals surface area (Å²) < 4.78 is 2.59. The summed E-state index contributed by atoms with van der Waals surface area (Å²) in [6.45, 7) is 0. The second kappa shape index (κ2) is 11.3. The molecule has 0 spiro atoms. The zero-order valence-electron chi connectivity index (χ0n) is 24.2. The second-order valence-electron chi connectivity index (χ2n) is 10.9. The zero-order valence-corrected chi connectivity index (χ0v) is 25.0. The Morgan fingerprint density at radius 2 is 0.978 bits per heavy atom. The van der Waals surface area contributed by atoms with Crippen LogP contribution in [0.3, 0.4) is 0 Å². The van der Waals surface area contributed by atoms with Crippen molar-refractivity contribution in [1.29, 1.82) is 5.26 Å². The largest absolute Gasteiger partial charge is 0.227 e. The third kappa shape index (κ3) is 4.77. The smallest absolute Gasteiger partial charge is 0.161 e. The van der Waals surface area contributed by atoms with Gasteiger partial charge in [-0.15, -0.1) is 11.3 Å². The van der Waals surface area contributed by atoms with Gasteiger partial charge in [-0.3, -0.25) is 0 Å². The molecular weight excluding hydrogens is 567 g/mol. The van der Waals surface area contributed by atoms with Crippen molar-refractivity contribution in [2.24, 2.45) is 0 Å². The van der Waals surface area contributed by atoms with E-state index >= 15 is 0 Å². The van der Waals surface area contributed by atoms with Crippen LogP contribution in [0.25, 0.3) is 76.3 Å². The minimum atomic E-state index is 0.465. The van der Waals surface area contributed by atoms with Crippen LogP contribution in [0.5, 0.6) is 0 Å². The highest BCUT2D eigenvalue weighted by atomic mass is 32.1. The SMILES string of the molecule is N#Cc1c(-c2ccccc2)nc(-c2ccccc2-c2cccc(-c3cccc4c3sc3ccccc34)c2)nc1-c1ccccc1. The summed E-state index contributed by atoms with van der Waals surface area (Å²) in [4.78, 5) is 10.1. The molecule has 2 aromatic heterocycles. The molecule has 0 radical (unpaired) electrons. The Kier molecular flexibility index (Phi) is 6.72. The van der Waals surface area contributed by atoms with Gasteiger partial charge in [-0.2, -0.15) is 5.26 Å². The number of thiophene rings is 1. The molecular formula is C41H25N3S. The Labute approximate surface area is 265 Å². The number of hydrogen-bond acceptors (Lipinski definition) is 4. The first-order chi connectivity index (χ1) is 22.3. The normalized spacial score (nSPS) is 11.1. The molecule has 0 aliphatic heterocycles. The monoisotopic (exact) mass is 591 g/mol. The summed E-state index contributed by atoms with van der Waals surface area (Å²) in [5.41, 5.74) is 8.89. The Morgan fingerprint density at radius 1 is 0.467 bits per heavy atom. The van der Waals surface area contributed by atoms with E-state index in [0.717, 1.165) is 33.4 Å². The molecule has 8 aromatic rings. The number of aromatic nitrogens is 2. The van der Waals surface area contributed by atoms with Crippen molar-refractivity contribution in [2.75, 3.05) is 0 Å². The van der Waals surface area contributed by atoms with Crippen LogP contribution < -0.4 is 0 Å². The molecule has 0 N–H and O–H groups in total. The van der Waals surface area contributed by atoms with Gasteiger partial charge in [0.1, 0.15) is 11.6 Å². The maximum atomic E-state index is 10.3. The lowest BCUT2D eigenvalue weighted by Gasteiger charge is -2.15. The van der Waals surface area contributed by atoms with Crippen LogP contribution in [-0.2, 0) is 0 Å². The van der Waals surface area contributed by atoms with E-state index in [1.807, 2.05) is 78.1 Å². The number of fused-ring (bicyclic) bond motifs is 3. The third-order valence-electron chi connectivity index (χ3n) is 8.17. The van der Waals surface area contributed by atoms with Gasteiger partial charge < -0.3 is 0 Å². The summed E-state index contributed by atoms with van der Waals surface area (Å²) in [6.07, 6.45) is 0. The van der Waals surface area contributed by atoms with E-state index in [-0.39, 0.29) is 0 Å². The molecule has 4 heteroatoms. The fraction of sp³-hybridized carbons (Fsp3) is 0. The summed E-state index contributed by atoms with van der Waals surface area (Å²) in [5.74, 6) is 0.583. The predicted molar refractivity (Wildman–Crippen MR) is 187 cm³/mol. The quantitative estimate of drug-likeness (QED) is 0.200. The Morgan fingerprint density at radius 3 is 1.67 bits per heavy atom. The van der Waals surface area contributed by atoms with Gasteiger partial charge in [-0.25, -0.2) is 9.97 Å². The van der Waals surface area contributed by atoms with Gasteiger partial charge in [0, 0.05) is 36.9 Å². The highest BCUT2D eigenvalue weighted by molar-refractivity contribution is 7.26. The summed E-state index contributed by atoms with van der Waals surface area (Å²) in [6, 6.07) is 54.4. The molecule has 0 atom stereocenters. The topological polar surface area (TPSA) is 49.6 Å². The Balaban J connectivity index is 1.32. The summed E-state index contributed by atoms with van der Waals surface area (Å²) in [7, 11) is 0. The molecule has 210 valence electrons. The minimum absolute atomic E-state index is 0.465. The average molecular weight is 592 g/mol. The van der Waals surface area contributed by atoms with Crippen LogP contribution >= 0.6 is 11.3 Å².